The number of carbonyl (C=O) groups is 3. The highest BCUT2D eigenvalue weighted by Crippen LogP contribution is 2.38. The van der Waals surface area contributed by atoms with Gasteiger partial charge in [-0.25, -0.2) is 4.79 Å². The summed E-state index contributed by atoms with van der Waals surface area (Å²) in [6.45, 7) is 1.66. The van der Waals surface area contributed by atoms with E-state index in [1.807, 2.05) is 23.9 Å². The first-order chi connectivity index (χ1) is 13.0. The third kappa shape index (κ3) is 3.11. The van der Waals surface area contributed by atoms with Crippen molar-refractivity contribution in [3.8, 4) is 0 Å². The molecule has 0 aromatic carbocycles. The van der Waals surface area contributed by atoms with Gasteiger partial charge in [0.2, 0.25) is 0 Å². The molecule has 1 aliphatic heterocycles. The number of aromatic nitrogens is 2. The molecule has 146 valence electrons. The van der Waals surface area contributed by atoms with Crippen LogP contribution in [0.3, 0.4) is 0 Å². The number of hydrogen-bond donors (Lipinski definition) is 1. The lowest BCUT2D eigenvalue weighted by Gasteiger charge is -2.36. The highest BCUT2D eigenvalue weighted by Gasteiger charge is 2.55. The Morgan fingerprint density at radius 2 is 2.15 bits per heavy atom. The number of imide groups is 1. The fourth-order valence-corrected chi connectivity index (χ4v) is 4.80. The van der Waals surface area contributed by atoms with Gasteiger partial charge in [-0.2, -0.15) is 5.10 Å². The maximum atomic E-state index is 12.9. The van der Waals surface area contributed by atoms with E-state index in [0.717, 1.165) is 43.4 Å². The van der Waals surface area contributed by atoms with Crippen LogP contribution >= 0.6 is 0 Å². The zero-order valence-electron chi connectivity index (χ0n) is 15.6. The van der Waals surface area contributed by atoms with E-state index in [0.29, 0.717) is 6.42 Å². The molecule has 27 heavy (non-hydrogen) atoms. The Balaban J connectivity index is 1.41. The first-order valence-corrected chi connectivity index (χ1v) is 9.84. The molecule has 2 aliphatic carbocycles. The minimum atomic E-state index is -0.847. The van der Waals surface area contributed by atoms with Gasteiger partial charge < -0.3 is 10.1 Å². The van der Waals surface area contributed by atoms with Gasteiger partial charge in [0.15, 0.2) is 0 Å². The quantitative estimate of drug-likeness (QED) is 0.643. The molecular weight excluding hydrogens is 348 g/mol. The van der Waals surface area contributed by atoms with Crippen LogP contribution < -0.4 is 5.32 Å². The second kappa shape index (κ2) is 6.98. The fourth-order valence-electron chi connectivity index (χ4n) is 4.80. The molecule has 8 nitrogen and oxygen atoms in total. The van der Waals surface area contributed by atoms with Crippen LogP contribution in [0.5, 0.6) is 0 Å². The highest BCUT2D eigenvalue weighted by atomic mass is 16.5. The van der Waals surface area contributed by atoms with Crippen molar-refractivity contribution in [2.24, 2.45) is 5.92 Å². The second-order valence-corrected chi connectivity index (χ2v) is 7.95. The summed E-state index contributed by atoms with van der Waals surface area (Å²) in [5.41, 5.74) is -0.847. The molecule has 1 spiro atoms. The molecule has 1 aromatic heterocycles. The lowest BCUT2D eigenvalue weighted by molar-refractivity contribution is -0.154. The van der Waals surface area contributed by atoms with E-state index in [4.69, 9.17) is 4.74 Å². The Bertz CT molecular complexity index is 734. The monoisotopic (exact) mass is 374 g/mol. The Morgan fingerprint density at radius 1 is 1.30 bits per heavy atom. The van der Waals surface area contributed by atoms with E-state index in [1.54, 1.807) is 6.20 Å². The second-order valence-electron chi connectivity index (χ2n) is 7.95. The van der Waals surface area contributed by atoms with Gasteiger partial charge >= 0.3 is 12.0 Å². The number of hydrogen-bond acceptors (Lipinski definition) is 5. The number of rotatable bonds is 4. The molecule has 2 saturated carbocycles. The molecule has 1 saturated heterocycles. The molecule has 1 aromatic rings. The maximum absolute atomic E-state index is 12.9. The zero-order chi connectivity index (χ0) is 19.0. The fraction of sp³-hybridized carbons (Fsp3) is 0.684. The molecule has 2 heterocycles. The highest BCUT2D eigenvalue weighted by molar-refractivity contribution is 6.08. The van der Waals surface area contributed by atoms with E-state index in [1.165, 1.54) is 0 Å². The van der Waals surface area contributed by atoms with Gasteiger partial charge in [0, 0.05) is 12.4 Å². The largest absolute Gasteiger partial charge is 0.459 e. The van der Waals surface area contributed by atoms with Crippen LogP contribution in [0, 0.1) is 5.92 Å². The van der Waals surface area contributed by atoms with E-state index in [2.05, 4.69) is 10.4 Å². The van der Waals surface area contributed by atoms with E-state index < -0.39 is 17.5 Å². The lowest BCUT2D eigenvalue weighted by atomic mass is 9.73. The summed E-state index contributed by atoms with van der Waals surface area (Å²) in [6.07, 6.45) is 9.39. The van der Waals surface area contributed by atoms with Crippen molar-refractivity contribution in [1.82, 2.24) is 20.0 Å². The van der Waals surface area contributed by atoms with Crippen molar-refractivity contribution in [3.05, 3.63) is 18.5 Å². The smallest absolute Gasteiger partial charge is 0.326 e. The summed E-state index contributed by atoms with van der Waals surface area (Å²) >= 11 is 0. The SMILES string of the molecule is C[C@@H]1CCCC[C@]12NC(=O)N(CC(=O)O[C@@H]1CCC[C@H]1n1cccn1)C2=O. The summed E-state index contributed by atoms with van der Waals surface area (Å²) in [6, 6.07) is 1.37. The van der Waals surface area contributed by atoms with Crippen LogP contribution in [-0.4, -0.2) is 50.8 Å². The van der Waals surface area contributed by atoms with Gasteiger partial charge in [-0.1, -0.05) is 19.8 Å². The Morgan fingerprint density at radius 3 is 2.89 bits per heavy atom. The topological polar surface area (TPSA) is 93.5 Å². The van der Waals surface area contributed by atoms with Gasteiger partial charge in [-0.15, -0.1) is 0 Å². The van der Waals surface area contributed by atoms with Gasteiger partial charge in [-0.3, -0.25) is 19.2 Å². The minimum Gasteiger partial charge on any atom is -0.459 e. The molecule has 3 aliphatic rings. The van der Waals surface area contributed by atoms with E-state index in [-0.39, 0.29) is 30.5 Å². The Kier molecular flexibility index (Phi) is 4.65. The third-order valence-electron chi connectivity index (χ3n) is 6.35. The van der Waals surface area contributed by atoms with Gasteiger partial charge in [0.1, 0.15) is 18.2 Å². The Labute approximate surface area is 158 Å². The molecule has 1 N–H and O–H groups in total. The Hall–Kier alpha value is -2.38. The van der Waals surface area contributed by atoms with Crippen LogP contribution in [0.4, 0.5) is 4.79 Å². The zero-order valence-corrected chi connectivity index (χ0v) is 15.6. The van der Waals surface area contributed by atoms with Crippen LogP contribution in [-0.2, 0) is 14.3 Å². The first-order valence-electron chi connectivity index (χ1n) is 9.84. The minimum absolute atomic E-state index is 0.0109. The van der Waals surface area contributed by atoms with Crippen molar-refractivity contribution < 1.29 is 19.1 Å². The third-order valence-corrected chi connectivity index (χ3v) is 6.35. The average Bonchev–Trinajstić information content (AvgIpc) is 3.35. The summed E-state index contributed by atoms with van der Waals surface area (Å²) in [5, 5.41) is 7.11. The van der Waals surface area contributed by atoms with Crippen molar-refractivity contribution in [1.29, 1.82) is 0 Å². The molecule has 4 rings (SSSR count). The molecule has 0 bridgehead atoms. The predicted molar refractivity (Wildman–Crippen MR) is 95.6 cm³/mol. The first kappa shape index (κ1) is 18.0. The van der Waals surface area contributed by atoms with Gasteiger partial charge in [0.05, 0.1) is 6.04 Å². The summed E-state index contributed by atoms with van der Waals surface area (Å²) in [4.78, 5) is 38.9. The molecule has 8 heteroatoms. The van der Waals surface area contributed by atoms with Crippen LogP contribution in [0.25, 0.3) is 0 Å². The standard InChI is InChI=1S/C19H26N4O4/c1-13-6-2-3-9-19(13)17(25)22(18(26)21-19)12-16(24)27-15-8-4-7-14(15)23-11-5-10-20-23/h5,10-11,13-15H,2-4,6-9,12H2,1H3,(H,21,26)/t13-,14-,15-,19+/m1/s1. The van der Waals surface area contributed by atoms with E-state index in [9.17, 15) is 14.4 Å². The number of esters is 1. The van der Waals surface area contributed by atoms with E-state index >= 15 is 0 Å². The van der Waals surface area contributed by atoms with Crippen LogP contribution in [0.2, 0.25) is 0 Å². The molecule has 0 unspecified atom stereocenters. The van der Waals surface area contributed by atoms with Crippen LogP contribution in [0.15, 0.2) is 18.5 Å². The normalized spacial score (nSPS) is 33.5. The molecule has 3 amide bonds. The van der Waals surface area contributed by atoms with Gasteiger partial charge in [0.25, 0.3) is 5.91 Å². The molecule has 4 atom stereocenters. The van der Waals surface area contributed by atoms with Crippen LogP contribution in [0.1, 0.15) is 57.9 Å². The number of ether oxygens (including phenoxy) is 1. The number of nitrogens with zero attached hydrogens (tertiary/aromatic N) is 3. The predicted octanol–water partition coefficient (Wildman–Crippen LogP) is 2.02. The van der Waals surface area contributed by atoms with Crippen molar-refractivity contribution in [2.75, 3.05) is 6.54 Å². The number of nitrogens with one attached hydrogen (secondary N) is 1. The van der Waals surface area contributed by atoms with Crippen molar-refractivity contribution in [3.63, 3.8) is 0 Å². The molecular formula is C19H26N4O4. The number of amides is 3. The summed E-state index contributed by atoms with van der Waals surface area (Å²) in [7, 11) is 0. The number of urea groups is 1. The van der Waals surface area contributed by atoms with Crippen molar-refractivity contribution >= 4 is 17.9 Å². The summed E-state index contributed by atoms with van der Waals surface area (Å²) in [5.74, 6) is -0.752. The lowest BCUT2D eigenvalue weighted by Crippen LogP contribution is -2.54. The molecule has 0 radical (unpaired) electrons. The summed E-state index contributed by atoms with van der Waals surface area (Å²) < 4.78 is 7.45. The average molecular weight is 374 g/mol. The van der Waals surface area contributed by atoms with Gasteiger partial charge in [-0.05, 0) is 44.1 Å². The maximum Gasteiger partial charge on any atom is 0.326 e. The van der Waals surface area contributed by atoms with Crippen molar-refractivity contribution in [2.45, 2.75) is 69.6 Å². The number of carbonyl (C=O) groups excluding carboxylic acids is 3. The molecule has 3 fully saturated rings.